The predicted octanol–water partition coefficient (Wildman–Crippen LogP) is 5.01. The molecule has 0 unspecified atom stereocenters. The van der Waals surface area contributed by atoms with E-state index in [9.17, 15) is 24.0 Å². The summed E-state index contributed by atoms with van der Waals surface area (Å²) in [6, 6.07) is 9.34. The van der Waals surface area contributed by atoms with Gasteiger partial charge in [-0.15, -0.1) is 0 Å². The average molecular weight is 607 g/mol. The molecule has 1 aromatic carbocycles. The predicted molar refractivity (Wildman–Crippen MR) is 159 cm³/mol. The summed E-state index contributed by atoms with van der Waals surface area (Å²) in [7, 11) is 0. The van der Waals surface area contributed by atoms with Crippen molar-refractivity contribution in [1.29, 1.82) is 0 Å². The molecule has 0 N–H and O–H groups in total. The third-order valence-electron chi connectivity index (χ3n) is 11.4. The molecule has 4 fully saturated rings. The van der Waals surface area contributed by atoms with E-state index in [-0.39, 0.29) is 12.2 Å². The molecule has 1 aromatic rings. The third kappa shape index (κ3) is 4.07. The number of benzene rings is 1. The highest BCUT2D eigenvalue weighted by atomic mass is 16.6. The van der Waals surface area contributed by atoms with Gasteiger partial charge in [0.2, 0.25) is 0 Å². The Balaban J connectivity index is 1.73. The van der Waals surface area contributed by atoms with Crippen LogP contribution >= 0.6 is 0 Å². The lowest BCUT2D eigenvalue weighted by molar-refractivity contribution is -0.194. The van der Waals surface area contributed by atoms with E-state index in [1.54, 1.807) is 6.08 Å². The van der Waals surface area contributed by atoms with Crippen LogP contribution in [0, 0.1) is 33.5 Å². The fraction of sp³-hybridized carbons (Fsp3) is 0.571. The van der Waals surface area contributed by atoms with Crippen LogP contribution in [0.2, 0.25) is 0 Å². The lowest BCUT2D eigenvalue weighted by Gasteiger charge is -2.60. The van der Waals surface area contributed by atoms with Gasteiger partial charge in [0.15, 0.2) is 0 Å². The standard InChI is InChI=1S/C35H42O9/c1-19-26(39)18-25-29(41-21(3)36)35-20(2)27(44-28(40)15-14-24-12-10-9-11-13-24)16-17-33(35,8)30(42-22(4)37)31(43-23(5)38)34(19,35)32(25,6)7/h9-15,19,25,27,29-31H,2,16-18H2,1,3-8H3/b15-14+/t19-,25+,27-,29+,30-,31+,33+,34-,35-/m1/s1. The van der Waals surface area contributed by atoms with E-state index in [1.807, 2.05) is 58.0 Å². The van der Waals surface area contributed by atoms with Crippen LogP contribution in [0.25, 0.3) is 6.08 Å². The first-order valence-corrected chi connectivity index (χ1v) is 15.2. The van der Waals surface area contributed by atoms with Crippen LogP contribution in [0.15, 0.2) is 48.6 Å². The van der Waals surface area contributed by atoms with Gasteiger partial charge in [0.25, 0.3) is 0 Å². The third-order valence-corrected chi connectivity index (χ3v) is 11.4. The highest BCUT2D eigenvalue weighted by molar-refractivity contribution is 5.88. The second kappa shape index (κ2) is 10.7. The van der Waals surface area contributed by atoms with Crippen LogP contribution in [0.1, 0.15) is 73.3 Å². The molecule has 4 aliphatic carbocycles. The molecule has 9 nitrogen and oxygen atoms in total. The van der Waals surface area contributed by atoms with Gasteiger partial charge >= 0.3 is 23.9 Å². The highest BCUT2D eigenvalue weighted by Gasteiger charge is 2.92. The summed E-state index contributed by atoms with van der Waals surface area (Å²) in [4.78, 5) is 65.4. The minimum atomic E-state index is -1.27. The van der Waals surface area contributed by atoms with E-state index in [4.69, 9.17) is 18.9 Å². The highest BCUT2D eigenvalue weighted by Crippen LogP contribution is 2.86. The molecule has 0 saturated heterocycles. The van der Waals surface area contributed by atoms with Crippen LogP contribution in [-0.2, 0) is 42.9 Å². The first kappa shape index (κ1) is 31.7. The van der Waals surface area contributed by atoms with Crippen molar-refractivity contribution in [3.05, 3.63) is 54.1 Å². The zero-order valence-electron chi connectivity index (χ0n) is 26.5. The molecule has 2 bridgehead atoms. The van der Waals surface area contributed by atoms with Gasteiger partial charge in [0, 0.05) is 55.9 Å². The second-order valence-corrected chi connectivity index (χ2v) is 13.6. The quantitative estimate of drug-likeness (QED) is 0.190. The molecule has 4 aliphatic rings. The summed E-state index contributed by atoms with van der Waals surface area (Å²) in [6.45, 7) is 16.2. The van der Waals surface area contributed by atoms with Crippen molar-refractivity contribution in [1.82, 2.24) is 0 Å². The largest absolute Gasteiger partial charge is 0.461 e. The van der Waals surface area contributed by atoms with Gasteiger partial charge in [-0.1, -0.05) is 64.6 Å². The molecule has 9 atom stereocenters. The number of carbonyl (C=O) groups is 5. The van der Waals surface area contributed by atoms with E-state index in [0.29, 0.717) is 18.4 Å². The van der Waals surface area contributed by atoms with Crippen LogP contribution in [0.4, 0.5) is 0 Å². The van der Waals surface area contributed by atoms with E-state index in [0.717, 1.165) is 5.56 Å². The van der Waals surface area contributed by atoms with Gasteiger partial charge in [-0.3, -0.25) is 19.2 Å². The maximum Gasteiger partial charge on any atom is 0.331 e. The van der Waals surface area contributed by atoms with Crippen molar-refractivity contribution in [2.24, 2.45) is 33.5 Å². The maximum atomic E-state index is 13.9. The van der Waals surface area contributed by atoms with Crippen molar-refractivity contribution in [3.8, 4) is 0 Å². The Kier molecular flexibility index (Phi) is 7.70. The molecule has 0 aliphatic heterocycles. The lowest BCUT2D eigenvalue weighted by atomic mass is 9.42. The number of esters is 4. The topological polar surface area (TPSA) is 122 Å². The van der Waals surface area contributed by atoms with Crippen molar-refractivity contribution >= 4 is 35.7 Å². The number of carbonyl (C=O) groups excluding carboxylic acids is 5. The summed E-state index contributed by atoms with van der Waals surface area (Å²) >= 11 is 0. The zero-order chi connectivity index (χ0) is 32.4. The Morgan fingerprint density at radius 1 is 0.864 bits per heavy atom. The van der Waals surface area contributed by atoms with Crippen molar-refractivity contribution in [2.75, 3.05) is 0 Å². The van der Waals surface area contributed by atoms with Gasteiger partial charge in [0.1, 0.15) is 30.2 Å². The number of hydrogen-bond acceptors (Lipinski definition) is 9. The molecular weight excluding hydrogens is 564 g/mol. The molecule has 0 heterocycles. The molecule has 4 saturated carbocycles. The Morgan fingerprint density at radius 3 is 2.02 bits per heavy atom. The van der Waals surface area contributed by atoms with E-state index in [2.05, 4.69) is 6.58 Å². The molecule has 0 amide bonds. The Morgan fingerprint density at radius 2 is 1.43 bits per heavy atom. The molecule has 236 valence electrons. The second-order valence-electron chi connectivity index (χ2n) is 13.6. The first-order valence-electron chi connectivity index (χ1n) is 15.2. The van der Waals surface area contributed by atoms with Crippen LogP contribution < -0.4 is 0 Å². The van der Waals surface area contributed by atoms with E-state index in [1.165, 1.54) is 26.8 Å². The smallest absolute Gasteiger partial charge is 0.331 e. The molecule has 5 rings (SSSR count). The van der Waals surface area contributed by atoms with Gasteiger partial charge in [-0.2, -0.15) is 0 Å². The van der Waals surface area contributed by atoms with Gasteiger partial charge < -0.3 is 18.9 Å². The van der Waals surface area contributed by atoms with Crippen molar-refractivity contribution in [3.63, 3.8) is 0 Å². The summed E-state index contributed by atoms with van der Waals surface area (Å²) < 4.78 is 24.5. The molecular formula is C35H42O9. The van der Waals surface area contributed by atoms with Gasteiger partial charge in [-0.25, -0.2) is 4.79 Å². The summed E-state index contributed by atoms with van der Waals surface area (Å²) in [6.07, 6.45) is 0.113. The van der Waals surface area contributed by atoms with E-state index >= 15 is 0 Å². The fourth-order valence-electron chi connectivity index (χ4n) is 10.2. The first-order chi connectivity index (χ1) is 20.6. The molecule has 9 heteroatoms. The molecule has 44 heavy (non-hydrogen) atoms. The SMILES string of the molecule is C=C1[C@H](OC(=O)/C=C/c2ccccc2)CC[C@@]2(C)[C@H](OC(C)=O)[C@H](OC(C)=O)[C@@]34[C@H](C)C(=O)C[C@@H]([C@H](OC(C)=O)[C@@]132)C4(C)C. The van der Waals surface area contributed by atoms with E-state index < -0.39 is 81.8 Å². The minimum Gasteiger partial charge on any atom is -0.461 e. The monoisotopic (exact) mass is 606 g/mol. The molecule has 2 spiro atoms. The number of ether oxygens (including phenoxy) is 4. The Labute approximate surface area is 258 Å². The minimum absolute atomic E-state index is 0.0657. The lowest BCUT2D eigenvalue weighted by Crippen LogP contribution is -2.63. The van der Waals surface area contributed by atoms with Crippen LogP contribution in [0.5, 0.6) is 0 Å². The Bertz CT molecular complexity index is 1440. The summed E-state index contributed by atoms with van der Waals surface area (Å²) in [5, 5.41) is 0. The summed E-state index contributed by atoms with van der Waals surface area (Å²) in [5.74, 6) is -3.51. The van der Waals surface area contributed by atoms with Gasteiger partial charge in [-0.05, 0) is 35.5 Å². The summed E-state index contributed by atoms with van der Waals surface area (Å²) in [5.41, 5.74) is -2.97. The van der Waals surface area contributed by atoms with Crippen molar-refractivity contribution in [2.45, 2.75) is 92.1 Å². The maximum absolute atomic E-state index is 13.9. The molecule has 0 aromatic heterocycles. The normalized spacial score (nSPS) is 38.4. The van der Waals surface area contributed by atoms with Crippen LogP contribution in [0.3, 0.4) is 0 Å². The zero-order valence-corrected chi connectivity index (χ0v) is 26.5. The Hall–Kier alpha value is -3.75. The number of rotatable bonds is 6. The number of fused-ring (bicyclic) bond motifs is 1. The molecule has 0 radical (unpaired) electrons. The average Bonchev–Trinajstić information content (AvgIpc) is 3.18. The number of hydrogen-bond donors (Lipinski definition) is 0. The fourth-order valence-corrected chi connectivity index (χ4v) is 10.2. The number of Topliss-reactive ketones (excluding diaryl/α,β-unsaturated/α-hetero) is 1. The van der Waals surface area contributed by atoms with Crippen molar-refractivity contribution < 1.29 is 42.9 Å². The van der Waals surface area contributed by atoms with Crippen LogP contribution in [-0.4, -0.2) is 54.1 Å². The number of ketones is 1. The van der Waals surface area contributed by atoms with Gasteiger partial charge in [0.05, 0.1) is 5.41 Å².